The van der Waals surface area contributed by atoms with Crippen LogP contribution in [0.1, 0.15) is 30.8 Å². The van der Waals surface area contributed by atoms with Crippen LogP contribution in [0.15, 0.2) is 6.07 Å². The first-order valence-corrected chi connectivity index (χ1v) is 4.93. The highest BCUT2D eigenvalue weighted by Crippen LogP contribution is 2.09. The molecule has 0 unspecified atom stereocenters. The van der Waals surface area contributed by atoms with Crippen molar-refractivity contribution in [3.63, 3.8) is 0 Å². The summed E-state index contributed by atoms with van der Waals surface area (Å²) in [6.07, 6.45) is 0.467. The van der Waals surface area contributed by atoms with Gasteiger partial charge < -0.3 is 10.3 Å². The largest absolute Gasteiger partial charge is 0.362 e. The average molecular weight is 194 g/mol. The van der Waals surface area contributed by atoms with Gasteiger partial charge in [-0.25, -0.2) is 0 Å². The van der Waals surface area contributed by atoms with Crippen LogP contribution in [0.5, 0.6) is 0 Å². The van der Waals surface area contributed by atoms with E-state index >= 15 is 0 Å². The fourth-order valence-corrected chi connectivity index (χ4v) is 1.51. The highest BCUT2D eigenvalue weighted by molar-refractivity contribution is 5.79. The summed E-state index contributed by atoms with van der Waals surface area (Å²) in [6.45, 7) is 7.92. The molecule has 2 N–H and O–H groups in total. The quantitative estimate of drug-likeness (QED) is 0.755. The van der Waals surface area contributed by atoms with Crippen LogP contribution in [0.4, 0.5) is 0 Å². The summed E-state index contributed by atoms with van der Waals surface area (Å²) in [5, 5.41) is 2.87. The van der Waals surface area contributed by atoms with Gasteiger partial charge in [0.05, 0.1) is 6.42 Å². The van der Waals surface area contributed by atoms with E-state index < -0.39 is 0 Å². The Labute approximate surface area is 84.9 Å². The molecular weight excluding hydrogens is 176 g/mol. The van der Waals surface area contributed by atoms with Gasteiger partial charge in [0.1, 0.15) is 0 Å². The number of nitrogens with one attached hydrogen (secondary N) is 2. The Kier molecular flexibility index (Phi) is 3.33. The predicted molar refractivity (Wildman–Crippen MR) is 57.2 cm³/mol. The molecule has 0 radical (unpaired) electrons. The maximum Gasteiger partial charge on any atom is 0.224 e. The second-order valence-electron chi connectivity index (χ2n) is 4.00. The minimum absolute atomic E-state index is 0.0853. The monoisotopic (exact) mass is 194 g/mol. The van der Waals surface area contributed by atoms with E-state index in [1.165, 1.54) is 0 Å². The summed E-state index contributed by atoms with van der Waals surface area (Å²) in [4.78, 5) is 14.6. The van der Waals surface area contributed by atoms with Crippen molar-refractivity contribution in [3.05, 3.63) is 23.0 Å². The molecule has 0 atom stereocenters. The Morgan fingerprint density at radius 1 is 1.50 bits per heavy atom. The van der Waals surface area contributed by atoms with Gasteiger partial charge >= 0.3 is 0 Å². The molecule has 1 heterocycles. The van der Waals surface area contributed by atoms with Crippen LogP contribution in [0.25, 0.3) is 0 Å². The minimum atomic E-state index is 0.0853. The first kappa shape index (κ1) is 10.8. The molecule has 0 saturated heterocycles. The normalized spacial score (nSPS) is 10.6. The lowest BCUT2D eigenvalue weighted by atomic mass is 10.1. The summed E-state index contributed by atoms with van der Waals surface area (Å²) in [6, 6.07) is 2.23. The number of hydrogen-bond acceptors (Lipinski definition) is 1. The van der Waals surface area contributed by atoms with Crippen LogP contribution < -0.4 is 5.32 Å². The average Bonchev–Trinajstić information content (AvgIpc) is 2.28. The summed E-state index contributed by atoms with van der Waals surface area (Å²) >= 11 is 0. The summed E-state index contributed by atoms with van der Waals surface area (Å²) in [7, 11) is 0. The second kappa shape index (κ2) is 4.31. The van der Waals surface area contributed by atoms with E-state index in [0.717, 1.165) is 17.0 Å². The summed E-state index contributed by atoms with van der Waals surface area (Å²) < 4.78 is 0. The third-order valence-electron chi connectivity index (χ3n) is 2.06. The Morgan fingerprint density at radius 3 is 2.57 bits per heavy atom. The fourth-order valence-electron chi connectivity index (χ4n) is 1.51. The van der Waals surface area contributed by atoms with Crippen LogP contribution in [-0.2, 0) is 11.2 Å². The van der Waals surface area contributed by atoms with Crippen molar-refractivity contribution in [3.8, 4) is 0 Å². The molecule has 0 bridgehead atoms. The number of aromatic nitrogens is 1. The van der Waals surface area contributed by atoms with Crippen molar-refractivity contribution in [2.24, 2.45) is 0 Å². The minimum Gasteiger partial charge on any atom is -0.362 e. The Hall–Kier alpha value is -1.25. The molecule has 0 saturated carbocycles. The Morgan fingerprint density at radius 2 is 2.14 bits per heavy atom. The van der Waals surface area contributed by atoms with Gasteiger partial charge in [-0.05, 0) is 39.3 Å². The van der Waals surface area contributed by atoms with Gasteiger partial charge in [0.15, 0.2) is 0 Å². The van der Waals surface area contributed by atoms with Crippen molar-refractivity contribution in [2.75, 3.05) is 0 Å². The van der Waals surface area contributed by atoms with Gasteiger partial charge in [0.2, 0.25) is 5.91 Å². The lowest BCUT2D eigenvalue weighted by Gasteiger charge is -2.07. The van der Waals surface area contributed by atoms with Crippen molar-refractivity contribution >= 4 is 5.91 Å². The number of H-pyrrole nitrogens is 1. The molecular formula is C11H18N2O. The van der Waals surface area contributed by atoms with E-state index in [0.29, 0.717) is 6.42 Å². The molecule has 0 aliphatic heterocycles. The zero-order valence-electron chi connectivity index (χ0n) is 9.27. The standard InChI is InChI=1S/C11H18N2O/c1-7(2)12-11(14)6-10-5-8(3)13-9(10)4/h5,7,13H,6H2,1-4H3,(H,12,14). The number of carbonyl (C=O) groups excluding carboxylic acids is 1. The molecule has 0 aliphatic rings. The van der Waals surface area contributed by atoms with Crippen molar-refractivity contribution in [1.82, 2.24) is 10.3 Å². The molecule has 0 spiro atoms. The smallest absolute Gasteiger partial charge is 0.224 e. The molecule has 0 fully saturated rings. The Bertz CT molecular complexity index is 326. The zero-order valence-corrected chi connectivity index (χ0v) is 9.27. The molecule has 1 rings (SSSR count). The topological polar surface area (TPSA) is 44.9 Å². The van der Waals surface area contributed by atoms with E-state index in [1.807, 2.05) is 33.8 Å². The van der Waals surface area contributed by atoms with Gasteiger partial charge in [0, 0.05) is 17.4 Å². The highest BCUT2D eigenvalue weighted by Gasteiger charge is 2.08. The van der Waals surface area contributed by atoms with Gasteiger partial charge in [-0.3, -0.25) is 4.79 Å². The fraction of sp³-hybridized carbons (Fsp3) is 0.545. The van der Waals surface area contributed by atoms with Crippen molar-refractivity contribution < 1.29 is 4.79 Å². The molecule has 0 aliphatic carbocycles. The summed E-state index contributed by atoms with van der Waals surface area (Å²) in [5.74, 6) is 0.0853. The SMILES string of the molecule is Cc1cc(CC(=O)NC(C)C)c(C)[nH]1. The van der Waals surface area contributed by atoms with Gasteiger partial charge in [0.25, 0.3) is 0 Å². The number of amides is 1. The van der Waals surface area contributed by atoms with Gasteiger partial charge in [-0.15, -0.1) is 0 Å². The maximum absolute atomic E-state index is 11.5. The number of hydrogen-bond donors (Lipinski definition) is 2. The van der Waals surface area contributed by atoms with Crippen LogP contribution in [-0.4, -0.2) is 16.9 Å². The van der Waals surface area contributed by atoms with Crippen LogP contribution >= 0.6 is 0 Å². The molecule has 1 amide bonds. The van der Waals surface area contributed by atoms with Crippen molar-refractivity contribution in [2.45, 2.75) is 40.2 Å². The van der Waals surface area contributed by atoms with Crippen molar-refractivity contribution in [1.29, 1.82) is 0 Å². The lowest BCUT2D eigenvalue weighted by Crippen LogP contribution is -2.31. The molecule has 1 aromatic rings. The van der Waals surface area contributed by atoms with Crippen LogP contribution in [0, 0.1) is 13.8 Å². The number of rotatable bonds is 3. The predicted octanol–water partition coefficient (Wildman–Crippen LogP) is 1.70. The number of carbonyl (C=O) groups is 1. The summed E-state index contributed by atoms with van der Waals surface area (Å²) in [5.41, 5.74) is 3.27. The number of aryl methyl sites for hydroxylation is 2. The van der Waals surface area contributed by atoms with E-state index in [2.05, 4.69) is 10.3 Å². The van der Waals surface area contributed by atoms with Gasteiger partial charge in [-0.1, -0.05) is 0 Å². The van der Waals surface area contributed by atoms with Gasteiger partial charge in [-0.2, -0.15) is 0 Å². The lowest BCUT2D eigenvalue weighted by molar-refractivity contribution is -0.120. The molecule has 1 aromatic heterocycles. The molecule has 3 heteroatoms. The maximum atomic E-state index is 11.5. The van der Waals surface area contributed by atoms with Crippen LogP contribution in [0.3, 0.4) is 0 Å². The first-order valence-electron chi connectivity index (χ1n) is 4.93. The molecule has 78 valence electrons. The zero-order chi connectivity index (χ0) is 10.7. The second-order valence-corrected chi connectivity index (χ2v) is 4.00. The van der Waals surface area contributed by atoms with E-state index in [4.69, 9.17) is 0 Å². The highest BCUT2D eigenvalue weighted by atomic mass is 16.1. The van der Waals surface area contributed by atoms with E-state index in [1.54, 1.807) is 0 Å². The third-order valence-corrected chi connectivity index (χ3v) is 2.06. The Balaban J connectivity index is 2.60. The third kappa shape index (κ3) is 2.91. The van der Waals surface area contributed by atoms with E-state index in [9.17, 15) is 4.79 Å². The molecule has 14 heavy (non-hydrogen) atoms. The van der Waals surface area contributed by atoms with Crippen LogP contribution in [0.2, 0.25) is 0 Å². The first-order chi connectivity index (χ1) is 6.49. The number of aromatic amines is 1. The molecule has 3 nitrogen and oxygen atoms in total. The molecule has 0 aromatic carbocycles. The van der Waals surface area contributed by atoms with E-state index in [-0.39, 0.29) is 11.9 Å².